The van der Waals surface area contributed by atoms with Crippen molar-refractivity contribution < 1.29 is 21.9 Å². The Balaban J connectivity index is 0.000000537. The highest BCUT2D eigenvalue weighted by molar-refractivity contribution is 6.50. The highest BCUT2D eigenvalue weighted by atomic mass is 19.5. The van der Waals surface area contributed by atoms with Gasteiger partial charge in [0.15, 0.2) is 0 Å². The normalized spacial score (nSPS) is 10.9. The second kappa shape index (κ2) is 9.12. The zero-order chi connectivity index (χ0) is 21.8. The van der Waals surface area contributed by atoms with E-state index < -0.39 is 7.25 Å². The third-order valence-corrected chi connectivity index (χ3v) is 4.30. The number of halogens is 4. The number of rotatable bonds is 3. The van der Waals surface area contributed by atoms with Gasteiger partial charge < -0.3 is 17.3 Å². The van der Waals surface area contributed by atoms with E-state index in [2.05, 4.69) is 105 Å². The summed E-state index contributed by atoms with van der Waals surface area (Å²) < 4.78 is 41.3. The second-order valence-electron chi connectivity index (χ2n) is 7.11. The Labute approximate surface area is 169 Å². The minimum atomic E-state index is -6.00. The molecule has 0 aliphatic rings. The van der Waals surface area contributed by atoms with E-state index in [-0.39, 0.29) is 0 Å². The summed E-state index contributed by atoms with van der Waals surface area (Å²) in [7, 11) is -6.00. The Kier molecular flexibility index (Phi) is 7.06. The van der Waals surface area contributed by atoms with Gasteiger partial charge in [0.05, 0.1) is 0 Å². The van der Waals surface area contributed by atoms with E-state index in [0.29, 0.717) is 0 Å². The molecule has 2 nitrogen and oxygen atoms in total. The van der Waals surface area contributed by atoms with Crippen LogP contribution in [0, 0.1) is 34.6 Å². The van der Waals surface area contributed by atoms with Crippen LogP contribution in [0.3, 0.4) is 0 Å². The number of pyridine rings is 1. The minimum absolute atomic E-state index is 1.16. The van der Waals surface area contributed by atoms with E-state index in [1.54, 1.807) is 0 Å². The minimum Gasteiger partial charge on any atom is -0.418 e. The molecule has 0 atom stereocenters. The Morgan fingerprint density at radius 2 is 0.897 bits per heavy atom. The van der Waals surface area contributed by atoms with Crippen molar-refractivity contribution in [3.63, 3.8) is 0 Å². The average Bonchev–Trinajstić information content (AvgIpc) is 2.58. The van der Waals surface area contributed by atoms with Crippen LogP contribution in [0.4, 0.5) is 28.6 Å². The van der Waals surface area contributed by atoms with Crippen LogP contribution in [-0.2, 0) is 0 Å². The maximum atomic E-state index is 9.75. The fourth-order valence-corrected chi connectivity index (χ4v) is 3.17. The number of aryl methyl sites for hydroxylation is 5. The first-order chi connectivity index (χ1) is 13.5. The lowest BCUT2D eigenvalue weighted by atomic mass is 10.1. The predicted molar refractivity (Wildman–Crippen MR) is 111 cm³/mol. The zero-order valence-electron chi connectivity index (χ0n) is 17.3. The highest BCUT2D eigenvalue weighted by Crippen LogP contribution is 2.25. The van der Waals surface area contributed by atoms with Crippen molar-refractivity contribution in [2.75, 3.05) is 5.01 Å². The summed E-state index contributed by atoms with van der Waals surface area (Å²) >= 11 is 0. The largest absolute Gasteiger partial charge is 0.673 e. The molecular formula is C22H25BF4N2. The Bertz CT molecular complexity index is 878. The lowest BCUT2D eigenvalue weighted by Gasteiger charge is -2.21. The first-order valence-corrected chi connectivity index (χ1v) is 9.26. The van der Waals surface area contributed by atoms with Crippen LogP contribution in [0.2, 0.25) is 0 Å². The molecule has 0 N–H and O–H groups in total. The Morgan fingerprint density at radius 1 is 0.586 bits per heavy atom. The molecule has 7 heteroatoms. The molecule has 3 aromatic rings. The number of anilines is 2. The van der Waals surface area contributed by atoms with Crippen LogP contribution in [0.1, 0.15) is 28.1 Å². The van der Waals surface area contributed by atoms with Gasteiger partial charge in [-0.05, 0) is 50.6 Å². The Hall–Kier alpha value is -2.83. The molecule has 0 fully saturated rings. The fraction of sp³-hybridized carbons (Fsp3) is 0.227. The van der Waals surface area contributed by atoms with Gasteiger partial charge in [-0.1, -0.05) is 40.1 Å². The van der Waals surface area contributed by atoms with Crippen molar-refractivity contribution in [1.82, 2.24) is 0 Å². The van der Waals surface area contributed by atoms with Crippen molar-refractivity contribution in [3.05, 3.63) is 88.7 Å². The summed E-state index contributed by atoms with van der Waals surface area (Å²) in [5, 5.41) is 2.28. The van der Waals surface area contributed by atoms with Gasteiger partial charge in [0.2, 0.25) is 11.4 Å². The summed E-state index contributed by atoms with van der Waals surface area (Å²) in [4.78, 5) is 0. The van der Waals surface area contributed by atoms with Crippen LogP contribution in [0.25, 0.3) is 0 Å². The van der Waals surface area contributed by atoms with E-state index in [1.165, 1.54) is 28.1 Å². The van der Waals surface area contributed by atoms with E-state index >= 15 is 0 Å². The molecule has 0 aliphatic carbocycles. The van der Waals surface area contributed by atoms with Gasteiger partial charge >= 0.3 is 7.25 Å². The molecule has 0 unspecified atom stereocenters. The number of hydrogen-bond donors (Lipinski definition) is 0. The number of nitrogens with zero attached hydrogens (tertiary/aromatic N) is 2. The number of aromatic nitrogens is 1. The van der Waals surface area contributed by atoms with Crippen LogP contribution in [0.5, 0.6) is 0 Å². The standard InChI is InChI=1S/C22H25N2.BF4/c1-16-6-10-21(11-7-16)24(22-12-8-17(2)9-13-22)23-19(4)14-18(3)15-20(23)5;2-1(3,4)5/h6-15H,1-5H3;/q+1;-1. The second-order valence-corrected chi connectivity index (χ2v) is 7.11. The van der Waals surface area contributed by atoms with Gasteiger partial charge in [-0.3, -0.25) is 0 Å². The van der Waals surface area contributed by atoms with Crippen molar-refractivity contribution in [2.24, 2.45) is 0 Å². The molecule has 1 aromatic heterocycles. The van der Waals surface area contributed by atoms with E-state index in [9.17, 15) is 17.3 Å². The maximum absolute atomic E-state index is 9.75. The SMILES string of the molecule is Cc1ccc(N(c2ccc(C)cc2)[n+]2c(C)cc(C)cc2C)cc1.F[B-](F)(F)F. The predicted octanol–water partition coefficient (Wildman–Crippen LogP) is 6.42. The molecule has 0 bridgehead atoms. The zero-order valence-corrected chi connectivity index (χ0v) is 17.3. The molecule has 0 saturated heterocycles. The molecule has 0 spiro atoms. The maximum Gasteiger partial charge on any atom is 0.673 e. The third kappa shape index (κ3) is 6.63. The van der Waals surface area contributed by atoms with Crippen molar-refractivity contribution in [1.29, 1.82) is 0 Å². The molecule has 0 amide bonds. The Morgan fingerprint density at radius 3 is 1.21 bits per heavy atom. The smallest absolute Gasteiger partial charge is 0.418 e. The average molecular weight is 404 g/mol. The molecule has 0 saturated carbocycles. The highest BCUT2D eigenvalue weighted by Gasteiger charge is 2.24. The van der Waals surface area contributed by atoms with Gasteiger partial charge in [0, 0.05) is 26.0 Å². The first kappa shape index (κ1) is 22.5. The van der Waals surface area contributed by atoms with E-state index in [0.717, 1.165) is 11.4 Å². The molecule has 0 aliphatic heterocycles. The van der Waals surface area contributed by atoms with Crippen molar-refractivity contribution in [3.8, 4) is 0 Å². The van der Waals surface area contributed by atoms with Gasteiger partial charge in [0.25, 0.3) is 0 Å². The molecule has 0 radical (unpaired) electrons. The first-order valence-electron chi connectivity index (χ1n) is 9.26. The number of benzene rings is 2. The molecular weight excluding hydrogens is 379 g/mol. The van der Waals surface area contributed by atoms with Crippen LogP contribution in [0.15, 0.2) is 60.7 Å². The monoisotopic (exact) mass is 404 g/mol. The van der Waals surface area contributed by atoms with Crippen molar-refractivity contribution in [2.45, 2.75) is 34.6 Å². The van der Waals surface area contributed by atoms with Crippen LogP contribution >= 0.6 is 0 Å². The van der Waals surface area contributed by atoms with Gasteiger partial charge in [-0.15, -0.1) is 5.01 Å². The van der Waals surface area contributed by atoms with E-state index in [1.807, 2.05) is 0 Å². The third-order valence-electron chi connectivity index (χ3n) is 4.30. The molecule has 29 heavy (non-hydrogen) atoms. The molecule has 154 valence electrons. The fourth-order valence-electron chi connectivity index (χ4n) is 3.17. The summed E-state index contributed by atoms with van der Waals surface area (Å²) in [5.74, 6) is 0. The van der Waals surface area contributed by atoms with Gasteiger partial charge in [0.1, 0.15) is 11.4 Å². The summed E-state index contributed by atoms with van der Waals surface area (Å²) in [5.41, 5.74) is 8.57. The quantitative estimate of drug-likeness (QED) is 0.278. The summed E-state index contributed by atoms with van der Waals surface area (Å²) in [6.07, 6.45) is 0. The van der Waals surface area contributed by atoms with E-state index in [4.69, 9.17) is 0 Å². The lowest BCUT2D eigenvalue weighted by Crippen LogP contribution is -2.55. The summed E-state index contributed by atoms with van der Waals surface area (Å²) in [6.45, 7) is 10.7. The van der Waals surface area contributed by atoms with Gasteiger partial charge in [-0.2, -0.15) is 0 Å². The molecule has 1 heterocycles. The molecule has 3 rings (SSSR count). The molecule has 2 aromatic carbocycles. The van der Waals surface area contributed by atoms with Crippen LogP contribution < -0.4 is 9.69 Å². The van der Waals surface area contributed by atoms with Crippen LogP contribution in [-0.4, -0.2) is 7.25 Å². The van der Waals surface area contributed by atoms with Crippen molar-refractivity contribution >= 4 is 18.6 Å². The lowest BCUT2D eigenvalue weighted by molar-refractivity contribution is -0.687. The number of hydrogen-bond acceptors (Lipinski definition) is 1. The van der Waals surface area contributed by atoms with Gasteiger partial charge in [-0.25, -0.2) is 0 Å². The summed E-state index contributed by atoms with van der Waals surface area (Å²) in [6, 6.07) is 21.8. The topological polar surface area (TPSA) is 7.12 Å².